The number of nitrogens with zero attached hydrogens (tertiary/aromatic N) is 3. The molecule has 1 unspecified atom stereocenters. The highest BCUT2D eigenvalue weighted by Gasteiger charge is 2.10. The highest BCUT2D eigenvalue weighted by molar-refractivity contribution is 6.30. The third-order valence-electron chi connectivity index (χ3n) is 2.96. The average molecular weight is 308 g/mol. The molecule has 0 aliphatic carbocycles. The average Bonchev–Trinajstić information content (AvgIpc) is 2.88. The van der Waals surface area contributed by atoms with Gasteiger partial charge in [0.1, 0.15) is 6.54 Å². The number of nitrogens with two attached hydrogens (primary N) is 1. The maximum absolute atomic E-state index is 11.9. The van der Waals surface area contributed by atoms with Crippen molar-refractivity contribution in [1.29, 1.82) is 0 Å². The first-order valence-electron chi connectivity index (χ1n) is 6.69. The lowest BCUT2D eigenvalue weighted by Gasteiger charge is -2.14. The fourth-order valence-corrected chi connectivity index (χ4v) is 2.13. The molecule has 0 radical (unpaired) electrons. The zero-order valence-electron chi connectivity index (χ0n) is 11.8. The van der Waals surface area contributed by atoms with Crippen molar-refractivity contribution >= 4 is 17.5 Å². The van der Waals surface area contributed by atoms with Crippen LogP contribution in [0.3, 0.4) is 0 Å². The molecule has 6 nitrogen and oxygen atoms in total. The second-order valence-corrected chi connectivity index (χ2v) is 5.35. The van der Waals surface area contributed by atoms with Gasteiger partial charge in [0, 0.05) is 17.6 Å². The Morgan fingerprint density at radius 3 is 2.76 bits per heavy atom. The Kier molecular flexibility index (Phi) is 5.30. The molecule has 0 aliphatic rings. The molecule has 0 saturated carbocycles. The molecule has 7 heteroatoms. The number of hydrogen-bond acceptors (Lipinski definition) is 4. The zero-order chi connectivity index (χ0) is 15.2. The fraction of sp³-hybridized carbons (Fsp3) is 0.357. The zero-order valence-corrected chi connectivity index (χ0v) is 12.5. The monoisotopic (exact) mass is 307 g/mol. The lowest BCUT2D eigenvalue weighted by atomic mass is 10.1. The minimum Gasteiger partial charge on any atom is -0.352 e. The maximum atomic E-state index is 11.9. The number of nitrogens with one attached hydrogen (secondary N) is 1. The smallest absolute Gasteiger partial charge is 0.242 e. The molecule has 1 atom stereocenters. The quantitative estimate of drug-likeness (QED) is 0.838. The number of halogens is 1. The van der Waals surface area contributed by atoms with Crippen LogP contribution in [0.1, 0.15) is 18.2 Å². The van der Waals surface area contributed by atoms with E-state index in [9.17, 15) is 4.79 Å². The normalized spacial score (nSPS) is 12.1. The molecule has 1 heterocycles. The predicted octanol–water partition coefficient (Wildman–Crippen LogP) is 1.14. The van der Waals surface area contributed by atoms with Crippen LogP contribution in [0.4, 0.5) is 0 Å². The lowest BCUT2D eigenvalue weighted by Crippen LogP contribution is -2.36. The second kappa shape index (κ2) is 7.19. The molecule has 0 spiro atoms. The Hall–Kier alpha value is -1.92. The van der Waals surface area contributed by atoms with Gasteiger partial charge in [-0.1, -0.05) is 28.9 Å². The minimum atomic E-state index is -0.107. The largest absolute Gasteiger partial charge is 0.352 e. The summed E-state index contributed by atoms with van der Waals surface area (Å²) < 4.78 is 1.48. The van der Waals surface area contributed by atoms with Crippen LogP contribution in [0, 0.1) is 0 Å². The number of aromatic nitrogens is 3. The SMILES string of the molecule is CC(Cc1ccc(Cl)cc1)NC(=O)Cn1cc(CN)nn1. The lowest BCUT2D eigenvalue weighted by molar-refractivity contribution is -0.122. The van der Waals surface area contributed by atoms with Crippen LogP contribution in [-0.4, -0.2) is 26.9 Å². The van der Waals surface area contributed by atoms with Crippen LogP contribution in [0.5, 0.6) is 0 Å². The highest BCUT2D eigenvalue weighted by Crippen LogP contribution is 2.11. The van der Waals surface area contributed by atoms with Gasteiger partial charge in [0.2, 0.25) is 5.91 Å². The summed E-state index contributed by atoms with van der Waals surface area (Å²) in [6.45, 7) is 2.41. The Labute approximate surface area is 128 Å². The third kappa shape index (κ3) is 4.84. The van der Waals surface area contributed by atoms with Gasteiger partial charge in [-0.2, -0.15) is 0 Å². The molecular formula is C14H18ClN5O. The van der Waals surface area contributed by atoms with Crippen molar-refractivity contribution in [1.82, 2.24) is 20.3 Å². The van der Waals surface area contributed by atoms with E-state index in [-0.39, 0.29) is 18.5 Å². The molecule has 3 N–H and O–H groups in total. The number of hydrogen-bond donors (Lipinski definition) is 2. The molecule has 0 saturated heterocycles. The molecule has 0 bridgehead atoms. The molecule has 0 fully saturated rings. The van der Waals surface area contributed by atoms with Gasteiger partial charge in [0.15, 0.2) is 0 Å². The standard InChI is InChI=1S/C14H18ClN5O/c1-10(6-11-2-4-12(15)5-3-11)17-14(21)9-20-8-13(7-16)18-19-20/h2-5,8,10H,6-7,9,16H2,1H3,(H,17,21). The molecule has 0 aliphatic heterocycles. The van der Waals surface area contributed by atoms with Crippen LogP contribution >= 0.6 is 11.6 Å². The predicted molar refractivity (Wildman–Crippen MR) is 80.7 cm³/mol. The fourth-order valence-electron chi connectivity index (χ4n) is 2.00. The van der Waals surface area contributed by atoms with E-state index < -0.39 is 0 Å². The van der Waals surface area contributed by atoms with Gasteiger partial charge in [0.05, 0.1) is 11.9 Å². The summed E-state index contributed by atoms with van der Waals surface area (Å²) in [7, 11) is 0. The molecule has 2 rings (SSSR count). The molecule has 21 heavy (non-hydrogen) atoms. The van der Waals surface area contributed by atoms with E-state index in [4.69, 9.17) is 17.3 Å². The first-order chi connectivity index (χ1) is 10.1. The Bertz CT molecular complexity index is 596. The van der Waals surface area contributed by atoms with E-state index in [1.165, 1.54) is 4.68 Å². The summed E-state index contributed by atoms with van der Waals surface area (Å²) in [6.07, 6.45) is 2.41. The number of rotatable bonds is 6. The summed E-state index contributed by atoms with van der Waals surface area (Å²) in [5, 5.41) is 11.3. The molecular weight excluding hydrogens is 290 g/mol. The van der Waals surface area contributed by atoms with Gasteiger partial charge >= 0.3 is 0 Å². The van der Waals surface area contributed by atoms with Crippen molar-refractivity contribution in [3.63, 3.8) is 0 Å². The van der Waals surface area contributed by atoms with Crippen molar-refractivity contribution in [3.8, 4) is 0 Å². The van der Waals surface area contributed by atoms with E-state index in [0.717, 1.165) is 12.0 Å². The summed E-state index contributed by atoms with van der Waals surface area (Å²) in [5.74, 6) is -0.107. The van der Waals surface area contributed by atoms with E-state index in [2.05, 4.69) is 15.6 Å². The van der Waals surface area contributed by atoms with Crippen molar-refractivity contribution < 1.29 is 4.79 Å². The summed E-state index contributed by atoms with van der Waals surface area (Å²) in [6, 6.07) is 7.62. The first-order valence-corrected chi connectivity index (χ1v) is 7.07. The van der Waals surface area contributed by atoms with Crippen LogP contribution in [-0.2, 0) is 24.3 Å². The number of carbonyl (C=O) groups is 1. The van der Waals surface area contributed by atoms with Crippen LogP contribution in [0.2, 0.25) is 5.02 Å². The van der Waals surface area contributed by atoms with E-state index >= 15 is 0 Å². The summed E-state index contributed by atoms with van der Waals surface area (Å²) in [4.78, 5) is 11.9. The van der Waals surface area contributed by atoms with Crippen LogP contribution in [0.15, 0.2) is 30.5 Å². The van der Waals surface area contributed by atoms with Crippen LogP contribution < -0.4 is 11.1 Å². The third-order valence-corrected chi connectivity index (χ3v) is 3.22. The minimum absolute atomic E-state index is 0.0242. The molecule has 1 aromatic heterocycles. The Morgan fingerprint density at radius 1 is 1.43 bits per heavy atom. The molecule has 112 valence electrons. The Morgan fingerprint density at radius 2 is 2.14 bits per heavy atom. The maximum Gasteiger partial charge on any atom is 0.242 e. The van der Waals surface area contributed by atoms with E-state index in [1.807, 2.05) is 31.2 Å². The van der Waals surface area contributed by atoms with Gasteiger partial charge in [-0.05, 0) is 31.0 Å². The van der Waals surface area contributed by atoms with Gasteiger partial charge in [0.25, 0.3) is 0 Å². The van der Waals surface area contributed by atoms with Crippen molar-refractivity contribution in [3.05, 3.63) is 46.7 Å². The molecule has 2 aromatic rings. The molecule has 1 aromatic carbocycles. The number of carbonyl (C=O) groups excluding carboxylic acids is 1. The van der Waals surface area contributed by atoms with Crippen molar-refractivity contribution in [2.75, 3.05) is 0 Å². The van der Waals surface area contributed by atoms with Gasteiger partial charge in [-0.3, -0.25) is 4.79 Å². The highest BCUT2D eigenvalue weighted by atomic mass is 35.5. The molecule has 1 amide bonds. The Balaban J connectivity index is 1.82. The summed E-state index contributed by atoms with van der Waals surface area (Å²) >= 11 is 5.84. The topological polar surface area (TPSA) is 85.8 Å². The van der Waals surface area contributed by atoms with Gasteiger partial charge < -0.3 is 11.1 Å². The van der Waals surface area contributed by atoms with Crippen LogP contribution in [0.25, 0.3) is 0 Å². The number of benzene rings is 1. The number of amides is 1. The van der Waals surface area contributed by atoms with Crippen molar-refractivity contribution in [2.24, 2.45) is 5.73 Å². The van der Waals surface area contributed by atoms with Gasteiger partial charge in [-0.15, -0.1) is 5.10 Å². The van der Waals surface area contributed by atoms with E-state index in [1.54, 1.807) is 6.20 Å². The van der Waals surface area contributed by atoms with E-state index in [0.29, 0.717) is 17.3 Å². The first kappa shape index (κ1) is 15.5. The second-order valence-electron chi connectivity index (χ2n) is 4.91. The van der Waals surface area contributed by atoms with Crippen molar-refractivity contribution in [2.45, 2.75) is 32.5 Å². The summed E-state index contributed by atoms with van der Waals surface area (Å²) in [5.41, 5.74) is 7.23. The van der Waals surface area contributed by atoms with Gasteiger partial charge in [-0.25, -0.2) is 4.68 Å².